The first-order valence-corrected chi connectivity index (χ1v) is 8.11. The number of carbonyl (C=O) groups is 1. The average molecular weight is 282 g/mol. The smallest absolute Gasteiger partial charge is 0.224 e. The van der Waals surface area contributed by atoms with Gasteiger partial charge in [0.05, 0.1) is 17.9 Å². The summed E-state index contributed by atoms with van der Waals surface area (Å²) in [5.74, 6) is 0.0913. The molecule has 1 saturated heterocycles. The molecule has 1 unspecified atom stereocenters. The number of benzene rings is 1. The van der Waals surface area contributed by atoms with E-state index in [1.54, 1.807) is 12.1 Å². The Labute approximate surface area is 113 Å². The maximum Gasteiger partial charge on any atom is 0.224 e. The van der Waals surface area contributed by atoms with Crippen LogP contribution in [0, 0.1) is 0 Å². The minimum atomic E-state index is -3.00. The first-order valence-electron chi connectivity index (χ1n) is 6.29. The molecule has 5 nitrogen and oxygen atoms in total. The topological polar surface area (TPSA) is 89.3 Å². The molecule has 6 heteroatoms. The molecule has 1 aliphatic rings. The number of nitrogens with two attached hydrogens (primary N) is 1. The molecule has 1 atom stereocenters. The van der Waals surface area contributed by atoms with Crippen LogP contribution in [0.3, 0.4) is 0 Å². The van der Waals surface area contributed by atoms with E-state index in [0.717, 1.165) is 12.0 Å². The van der Waals surface area contributed by atoms with Crippen molar-refractivity contribution in [2.24, 2.45) is 0 Å². The van der Waals surface area contributed by atoms with Crippen LogP contribution >= 0.6 is 0 Å². The van der Waals surface area contributed by atoms with Crippen LogP contribution in [0.25, 0.3) is 0 Å². The molecule has 104 valence electrons. The van der Waals surface area contributed by atoms with E-state index in [1.165, 1.54) is 0 Å². The van der Waals surface area contributed by atoms with Crippen LogP contribution in [-0.2, 0) is 21.1 Å². The predicted molar refractivity (Wildman–Crippen MR) is 74.4 cm³/mol. The number of para-hydroxylation sites is 1. The third kappa shape index (κ3) is 3.96. The van der Waals surface area contributed by atoms with Crippen LogP contribution in [0.4, 0.5) is 5.69 Å². The van der Waals surface area contributed by atoms with Crippen LogP contribution in [0.1, 0.15) is 18.4 Å². The second-order valence-electron chi connectivity index (χ2n) is 4.90. The van der Waals surface area contributed by atoms with Gasteiger partial charge in [-0.3, -0.25) is 4.79 Å². The number of anilines is 1. The number of nitrogens with one attached hydrogen (secondary N) is 1. The highest BCUT2D eigenvalue weighted by Crippen LogP contribution is 2.14. The van der Waals surface area contributed by atoms with Crippen LogP contribution in [-0.4, -0.2) is 31.9 Å². The highest BCUT2D eigenvalue weighted by molar-refractivity contribution is 7.91. The van der Waals surface area contributed by atoms with E-state index in [2.05, 4.69) is 5.32 Å². The van der Waals surface area contributed by atoms with E-state index in [9.17, 15) is 13.2 Å². The lowest BCUT2D eigenvalue weighted by Crippen LogP contribution is -2.43. The Hall–Kier alpha value is -1.56. The van der Waals surface area contributed by atoms with Gasteiger partial charge >= 0.3 is 0 Å². The third-order valence-corrected chi connectivity index (χ3v) is 5.06. The zero-order chi connectivity index (χ0) is 13.9. The minimum absolute atomic E-state index is 0.0447. The maximum atomic E-state index is 11.9. The number of nitrogen functional groups attached to an aromatic ring is 1. The molecule has 0 bridgehead atoms. The van der Waals surface area contributed by atoms with Gasteiger partial charge in [0.25, 0.3) is 0 Å². The van der Waals surface area contributed by atoms with E-state index in [0.29, 0.717) is 12.1 Å². The number of rotatable bonds is 3. The van der Waals surface area contributed by atoms with Gasteiger partial charge < -0.3 is 11.1 Å². The van der Waals surface area contributed by atoms with E-state index >= 15 is 0 Å². The maximum absolute atomic E-state index is 11.9. The molecule has 1 aromatic rings. The largest absolute Gasteiger partial charge is 0.398 e. The Kier molecular flexibility index (Phi) is 4.09. The third-order valence-electron chi connectivity index (χ3n) is 3.23. The van der Waals surface area contributed by atoms with E-state index < -0.39 is 9.84 Å². The van der Waals surface area contributed by atoms with Crippen molar-refractivity contribution < 1.29 is 13.2 Å². The summed E-state index contributed by atoms with van der Waals surface area (Å²) in [6.45, 7) is 0. The van der Waals surface area contributed by atoms with Gasteiger partial charge in [-0.25, -0.2) is 8.42 Å². The lowest BCUT2D eigenvalue weighted by Gasteiger charge is -2.23. The van der Waals surface area contributed by atoms with Crippen LogP contribution in [0.2, 0.25) is 0 Å². The number of amides is 1. The van der Waals surface area contributed by atoms with Gasteiger partial charge in [0.1, 0.15) is 0 Å². The standard InChI is InChI=1S/C13H18N2O3S/c14-12-6-2-1-4-10(12)8-13(16)15-11-5-3-7-19(17,18)9-11/h1-2,4,6,11H,3,5,7-9,14H2,(H,15,16). The normalized spacial score (nSPS) is 21.8. The second kappa shape index (κ2) is 5.61. The molecule has 3 N–H and O–H groups in total. The van der Waals surface area contributed by atoms with Gasteiger partial charge in [-0.1, -0.05) is 18.2 Å². The molecule has 0 spiro atoms. The van der Waals surface area contributed by atoms with Crippen molar-refractivity contribution in [3.8, 4) is 0 Å². The summed E-state index contributed by atoms with van der Waals surface area (Å²) >= 11 is 0. The first kappa shape index (κ1) is 13.9. The Morgan fingerprint density at radius 3 is 2.79 bits per heavy atom. The van der Waals surface area contributed by atoms with Crippen molar-refractivity contribution in [3.05, 3.63) is 29.8 Å². The van der Waals surface area contributed by atoms with E-state index in [1.807, 2.05) is 12.1 Å². The molecule has 1 aromatic carbocycles. The van der Waals surface area contributed by atoms with Crippen molar-refractivity contribution in [1.29, 1.82) is 0 Å². The minimum Gasteiger partial charge on any atom is -0.398 e. The molecule has 0 aliphatic carbocycles. The van der Waals surface area contributed by atoms with Crippen LogP contribution in [0.15, 0.2) is 24.3 Å². The van der Waals surface area contributed by atoms with Crippen molar-refractivity contribution in [1.82, 2.24) is 5.32 Å². The first-order chi connectivity index (χ1) is 8.96. The predicted octanol–water partition coefficient (Wildman–Crippen LogP) is 0.505. The highest BCUT2D eigenvalue weighted by Gasteiger charge is 2.25. The number of hydrogen-bond acceptors (Lipinski definition) is 4. The summed E-state index contributed by atoms with van der Waals surface area (Å²) in [5, 5.41) is 2.78. The van der Waals surface area contributed by atoms with Gasteiger partial charge in [-0.15, -0.1) is 0 Å². The van der Waals surface area contributed by atoms with Crippen LogP contribution in [0.5, 0.6) is 0 Å². The van der Waals surface area contributed by atoms with E-state index in [4.69, 9.17) is 5.73 Å². The quantitative estimate of drug-likeness (QED) is 0.790. The molecule has 0 aromatic heterocycles. The van der Waals surface area contributed by atoms with Crippen molar-refractivity contribution in [2.45, 2.75) is 25.3 Å². The summed E-state index contributed by atoms with van der Waals surface area (Å²) in [4.78, 5) is 11.9. The fourth-order valence-electron chi connectivity index (χ4n) is 2.28. The van der Waals surface area contributed by atoms with Crippen molar-refractivity contribution in [3.63, 3.8) is 0 Å². The lowest BCUT2D eigenvalue weighted by molar-refractivity contribution is -0.121. The molecule has 1 heterocycles. The molecule has 1 aliphatic heterocycles. The number of hydrogen-bond donors (Lipinski definition) is 2. The molecule has 19 heavy (non-hydrogen) atoms. The molecular weight excluding hydrogens is 264 g/mol. The molecule has 2 rings (SSSR count). The highest BCUT2D eigenvalue weighted by atomic mass is 32.2. The number of sulfone groups is 1. The molecule has 0 radical (unpaired) electrons. The van der Waals surface area contributed by atoms with Gasteiger partial charge in [0, 0.05) is 11.7 Å². The van der Waals surface area contributed by atoms with Gasteiger partial charge in [-0.2, -0.15) is 0 Å². The van der Waals surface area contributed by atoms with Crippen molar-refractivity contribution in [2.75, 3.05) is 17.2 Å². The monoisotopic (exact) mass is 282 g/mol. The zero-order valence-electron chi connectivity index (χ0n) is 10.6. The van der Waals surface area contributed by atoms with Gasteiger partial charge in [0.2, 0.25) is 5.91 Å². The molecule has 1 fully saturated rings. The second-order valence-corrected chi connectivity index (χ2v) is 7.13. The number of carbonyl (C=O) groups excluding carboxylic acids is 1. The lowest BCUT2D eigenvalue weighted by atomic mass is 10.1. The fraction of sp³-hybridized carbons (Fsp3) is 0.462. The summed E-state index contributed by atoms with van der Waals surface area (Å²) < 4.78 is 23.0. The zero-order valence-corrected chi connectivity index (χ0v) is 11.4. The Balaban J connectivity index is 1.93. The van der Waals surface area contributed by atoms with E-state index in [-0.39, 0.29) is 29.9 Å². The Morgan fingerprint density at radius 2 is 2.11 bits per heavy atom. The Morgan fingerprint density at radius 1 is 1.37 bits per heavy atom. The van der Waals surface area contributed by atoms with Gasteiger partial charge in [-0.05, 0) is 24.5 Å². The summed E-state index contributed by atoms with van der Waals surface area (Å²) in [7, 11) is -3.00. The average Bonchev–Trinajstić information content (AvgIpc) is 2.30. The summed E-state index contributed by atoms with van der Waals surface area (Å²) in [6.07, 6.45) is 1.51. The van der Waals surface area contributed by atoms with Gasteiger partial charge in [0.15, 0.2) is 9.84 Å². The molecule has 0 saturated carbocycles. The summed E-state index contributed by atoms with van der Waals surface area (Å²) in [5.41, 5.74) is 7.11. The van der Waals surface area contributed by atoms with Crippen molar-refractivity contribution >= 4 is 21.4 Å². The Bertz CT molecular complexity index is 569. The fourth-order valence-corrected chi connectivity index (χ4v) is 3.92. The molecule has 1 amide bonds. The summed E-state index contributed by atoms with van der Waals surface area (Å²) in [6, 6.07) is 6.91. The molecular formula is C13H18N2O3S. The SMILES string of the molecule is Nc1ccccc1CC(=O)NC1CCCS(=O)(=O)C1. The van der Waals surface area contributed by atoms with Crippen LogP contribution < -0.4 is 11.1 Å².